The van der Waals surface area contributed by atoms with Gasteiger partial charge in [-0.2, -0.15) is 0 Å². The zero-order chi connectivity index (χ0) is 22.2. The second-order valence-corrected chi connectivity index (χ2v) is 7.87. The predicted octanol–water partition coefficient (Wildman–Crippen LogP) is 6.23. The monoisotopic (exact) mass is 480 g/mol. The summed E-state index contributed by atoms with van der Waals surface area (Å²) >= 11 is 3.54. The van der Waals surface area contributed by atoms with Crippen LogP contribution in [-0.4, -0.2) is 25.3 Å². The van der Waals surface area contributed by atoms with Crippen LogP contribution in [0.25, 0.3) is 0 Å². The molecular formula is C25H25BrN2O3. The molecule has 0 saturated carbocycles. The van der Waals surface area contributed by atoms with E-state index < -0.39 is 0 Å². The lowest BCUT2D eigenvalue weighted by Gasteiger charge is -2.14. The van der Waals surface area contributed by atoms with Gasteiger partial charge in [-0.1, -0.05) is 35.9 Å². The van der Waals surface area contributed by atoms with Gasteiger partial charge in [-0.25, -0.2) is 0 Å². The van der Waals surface area contributed by atoms with Gasteiger partial charge in [0.05, 0.1) is 16.8 Å². The Kier molecular flexibility index (Phi) is 7.84. The molecule has 6 heteroatoms. The molecule has 0 unspecified atom stereocenters. The number of nitrogens with one attached hydrogen (secondary N) is 1. The number of amides is 1. The van der Waals surface area contributed by atoms with Crippen molar-refractivity contribution >= 4 is 39.4 Å². The highest BCUT2D eigenvalue weighted by molar-refractivity contribution is 9.10. The summed E-state index contributed by atoms with van der Waals surface area (Å²) in [6.45, 7) is 6.33. The number of para-hydroxylation sites is 1. The largest absolute Gasteiger partial charge is 0.490 e. The topological polar surface area (TPSA) is 59.9 Å². The zero-order valence-electron chi connectivity index (χ0n) is 17.8. The van der Waals surface area contributed by atoms with Crippen molar-refractivity contribution in [3.63, 3.8) is 0 Å². The second-order valence-electron chi connectivity index (χ2n) is 7.01. The number of hydrogen-bond acceptors (Lipinski definition) is 4. The number of nitrogens with zero attached hydrogens (tertiary/aromatic N) is 1. The maximum atomic E-state index is 12.2. The third kappa shape index (κ3) is 6.43. The highest BCUT2D eigenvalue weighted by Crippen LogP contribution is 2.37. The van der Waals surface area contributed by atoms with Crippen molar-refractivity contribution in [2.24, 2.45) is 4.99 Å². The SMILES string of the molecule is CCOc1cc(C=Nc2ccc(C)cc2C)cc(Br)c1OCC(=O)Nc1ccccc1. The zero-order valence-corrected chi connectivity index (χ0v) is 19.4. The molecule has 5 nitrogen and oxygen atoms in total. The van der Waals surface area contributed by atoms with Crippen LogP contribution in [0.4, 0.5) is 11.4 Å². The van der Waals surface area contributed by atoms with E-state index in [9.17, 15) is 4.79 Å². The van der Waals surface area contributed by atoms with E-state index in [0.717, 1.165) is 22.5 Å². The van der Waals surface area contributed by atoms with Gasteiger partial charge in [0.2, 0.25) is 0 Å². The van der Waals surface area contributed by atoms with Gasteiger partial charge in [0.1, 0.15) is 0 Å². The first-order valence-electron chi connectivity index (χ1n) is 10.0. The van der Waals surface area contributed by atoms with E-state index in [1.807, 2.05) is 68.4 Å². The molecule has 0 saturated heterocycles. The quantitative estimate of drug-likeness (QED) is 0.388. The van der Waals surface area contributed by atoms with Crippen molar-refractivity contribution in [3.05, 3.63) is 81.8 Å². The van der Waals surface area contributed by atoms with Crippen LogP contribution in [0.5, 0.6) is 11.5 Å². The van der Waals surface area contributed by atoms with Gasteiger partial charge in [0, 0.05) is 11.9 Å². The van der Waals surface area contributed by atoms with Crippen LogP contribution in [0.15, 0.2) is 70.1 Å². The summed E-state index contributed by atoms with van der Waals surface area (Å²) in [5, 5.41) is 2.80. The molecule has 0 aliphatic heterocycles. The van der Waals surface area contributed by atoms with Crippen molar-refractivity contribution in [2.45, 2.75) is 20.8 Å². The molecule has 160 valence electrons. The molecule has 0 heterocycles. The predicted molar refractivity (Wildman–Crippen MR) is 129 cm³/mol. The standard InChI is InChI=1S/C25H25BrN2O3/c1-4-30-23-14-19(15-27-22-11-10-17(2)12-18(22)3)13-21(26)25(23)31-16-24(29)28-20-8-6-5-7-9-20/h5-15H,4,16H2,1-3H3,(H,28,29). The Bertz CT molecular complexity index is 1080. The maximum Gasteiger partial charge on any atom is 0.262 e. The van der Waals surface area contributed by atoms with E-state index in [0.29, 0.717) is 22.6 Å². The van der Waals surface area contributed by atoms with Gasteiger partial charge < -0.3 is 14.8 Å². The number of carbonyl (C=O) groups excluding carboxylic acids is 1. The van der Waals surface area contributed by atoms with E-state index >= 15 is 0 Å². The minimum absolute atomic E-state index is 0.135. The first kappa shape index (κ1) is 22.6. The smallest absolute Gasteiger partial charge is 0.262 e. The number of hydrogen-bond donors (Lipinski definition) is 1. The third-order valence-corrected chi connectivity index (χ3v) is 5.03. The van der Waals surface area contributed by atoms with E-state index in [1.165, 1.54) is 5.56 Å². The highest BCUT2D eigenvalue weighted by atomic mass is 79.9. The number of benzene rings is 3. The third-order valence-electron chi connectivity index (χ3n) is 4.44. The first-order chi connectivity index (χ1) is 15.0. The number of ether oxygens (including phenoxy) is 2. The summed E-state index contributed by atoms with van der Waals surface area (Å²) in [5.41, 5.74) is 4.81. The van der Waals surface area contributed by atoms with E-state index in [4.69, 9.17) is 9.47 Å². The van der Waals surface area contributed by atoms with Crippen LogP contribution in [0, 0.1) is 13.8 Å². The Morgan fingerprint density at radius 2 is 1.84 bits per heavy atom. The summed E-state index contributed by atoms with van der Waals surface area (Å²) in [5.74, 6) is 0.779. The van der Waals surface area contributed by atoms with Crippen LogP contribution >= 0.6 is 15.9 Å². The van der Waals surface area contributed by atoms with Gasteiger partial charge in [-0.15, -0.1) is 0 Å². The number of anilines is 1. The molecule has 31 heavy (non-hydrogen) atoms. The molecule has 3 aromatic carbocycles. The number of carbonyl (C=O) groups is 1. The van der Waals surface area contributed by atoms with Crippen molar-refractivity contribution in [3.8, 4) is 11.5 Å². The summed E-state index contributed by atoms with van der Waals surface area (Å²) in [7, 11) is 0. The Morgan fingerprint density at radius 1 is 1.06 bits per heavy atom. The van der Waals surface area contributed by atoms with Gasteiger partial charge in [-0.3, -0.25) is 9.79 Å². The summed E-state index contributed by atoms with van der Waals surface area (Å²) < 4.78 is 12.2. The van der Waals surface area contributed by atoms with E-state index in [1.54, 1.807) is 6.21 Å². The Labute approximate surface area is 191 Å². The first-order valence-corrected chi connectivity index (χ1v) is 10.8. The molecule has 0 atom stereocenters. The van der Waals surface area contributed by atoms with Gasteiger partial charge in [0.15, 0.2) is 18.1 Å². The molecule has 0 radical (unpaired) electrons. The maximum absolute atomic E-state index is 12.2. The van der Waals surface area contributed by atoms with Crippen LogP contribution in [-0.2, 0) is 4.79 Å². The Balaban J connectivity index is 1.75. The van der Waals surface area contributed by atoms with Crippen molar-refractivity contribution in [2.75, 3.05) is 18.5 Å². The van der Waals surface area contributed by atoms with Crippen LogP contribution in [0.3, 0.4) is 0 Å². The van der Waals surface area contributed by atoms with Gasteiger partial charge in [-0.05, 0) is 78.2 Å². The minimum atomic E-state index is -0.249. The molecule has 1 amide bonds. The molecule has 0 aromatic heterocycles. The average molecular weight is 481 g/mol. The highest BCUT2D eigenvalue weighted by Gasteiger charge is 2.14. The van der Waals surface area contributed by atoms with Gasteiger partial charge >= 0.3 is 0 Å². The second kappa shape index (κ2) is 10.8. The fourth-order valence-electron chi connectivity index (χ4n) is 3.02. The van der Waals surface area contributed by atoms with E-state index in [2.05, 4.69) is 39.2 Å². The molecule has 3 aromatic rings. The van der Waals surface area contributed by atoms with Crippen LogP contribution in [0.2, 0.25) is 0 Å². The molecule has 0 bridgehead atoms. The van der Waals surface area contributed by atoms with E-state index in [-0.39, 0.29) is 12.5 Å². The summed E-state index contributed by atoms with van der Waals surface area (Å²) in [6.07, 6.45) is 1.79. The number of halogens is 1. The molecule has 0 fully saturated rings. The molecular weight excluding hydrogens is 456 g/mol. The number of rotatable bonds is 8. The summed E-state index contributed by atoms with van der Waals surface area (Å²) in [6, 6.07) is 19.1. The molecule has 1 N–H and O–H groups in total. The Morgan fingerprint density at radius 3 is 2.55 bits per heavy atom. The normalized spacial score (nSPS) is 10.8. The number of aryl methyl sites for hydroxylation is 2. The van der Waals surface area contributed by atoms with Crippen molar-refractivity contribution in [1.29, 1.82) is 0 Å². The lowest BCUT2D eigenvalue weighted by atomic mass is 10.1. The fraction of sp³-hybridized carbons (Fsp3) is 0.200. The Hall–Kier alpha value is -3.12. The van der Waals surface area contributed by atoms with Crippen molar-refractivity contribution < 1.29 is 14.3 Å². The minimum Gasteiger partial charge on any atom is -0.490 e. The number of aliphatic imine (C=N–C) groups is 1. The molecule has 3 rings (SSSR count). The molecule has 0 aliphatic rings. The fourth-order valence-corrected chi connectivity index (χ4v) is 3.59. The average Bonchev–Trinajstić information content (AvgIpc) is 2.73. The molecule has 0 aliphatic carbocycles. The van der Waals surface area contributed by atoms with Gasteiger partial charge in [0.25, 0.3) is 5.91 Å². The van der Waals surface area contributed by atoms with Crippen molar-refractivity contribution in [1.82, 2.24) is 0 Å². The summed E-state index contributed by atoms with van der Waals surface area (Å²) in [4.78, 5) is 16.8. The van der Waals surface area contributed by atoms with Crippen LogP contribution < -0.4 is 14.8 Å². The lowest BCUT2D eigenvalue weighted by molar-refractivity contribution is -0.118. The van der Waals surface area contributed by atoms with Crippen LogP contribution in [0.1, 0.15) is 23.6 Å². The lowest BCUT2D eigenvalue weighted by Crippen LogP contribution is -2.20. The molecule has 0 spiro atoms.